The second kappa shape index (κ2) is 7.48. The quantitative estimate of drug-likeness (QED) is 0.416. The second-order valence-electron chi connectivity index (χ2n) is 6.61. The van der Waals surface area contributed by atoms with Gasteiger partial charge in [-0.05, 0) is 28.5 Å². The first-order valence-electron chi connectivity index (χ1n) is 9.10. The molecule has 0 aliphatic heterocycles. The van der Waals surface area contributed by atoms with Crippen LogP contribution in [0.15, 0.2) is 67.3 Å². The van der Waals surface area contributed by atoms with Crippen molar-refractivity contribution >= 4 is 27.8 Å². The summed E-state index contributed by atoms with van der Waals surface area (Å²) in [5.41, 5.74) is 2.35. The van der Waals surface area contributed by atoms with E-state index in [0.29, 0.717) is 32.4 Å². The lowest BCUT2D eigenvalue weighted by Crippen LogP contribution is -2.00. The number of rotatable bonds is 4. The van der Waals surface area contributed by atoms with Gasteiger partial charge in [-0.1, -0.05) is 36.4 Å². The molecule has 5 rings (SSSR count). The lowest BCUT2D eigenvalue weighted by atomic mass is 9.97. The Hall–Kier alpha value is -3.93. The number of benzene rings is 2. The number of aromatic nitrogens is 5. The van der Waals surface area contributed by atoms with E-state index in [1.54, 1.807) is 18.5 Å². The van der Waals surface area contributed by atoms with E-state index in [9.17, 15) is 5.11 Å². The predicted molar refractivity (Wildman–Crippen MR) is 115 cm³/mol. The van der Waals surface area contributed by atoms with Crippen LogP contribution in [-0.4, -0.2) is 30.5 Å². The van der Waals surface area contributed by atoms with Gasteiger partial charge in [-0.2, -0.15) is 15.3 Å². The average molecular weight is 410 g/mol. The molecule has 7 nitrogen and oxygen atoms in total. The second-order valence-corrected chi connectivity index (χ2v) is 7.63. The highest BCUT2D eigenvalue weighted by Gasteiger charge is 2.28. The molecule has 1 atom stereocenters. The van der Waals surface area contributed by atoms with E-state index in [0.717, 1.165) is 16.3 Å². The zero-order valence-electron chi connectivity index (χ0n) is 15.5. The first-order valence-corrected chi connectivity index (χ1v) is 9.91. The van der Waals surface area contributed by atoms with Crippen molar-refractivity contribution in [3.63, 3.8) is 0 Å². The molecular formula is C22H14N6OS. The number of fused-ring (bicyclic) bond motifs is 1. The third-order valence-corrected chi connectivity index (χ3v) is 6.12. The molecule has 0 aliphatic carbocycles. The monoisotopic (exact) mass is 410 g/mol. The van der Waals surface area contributed by atoms with Crippen LogP contribution < -0.4 is 0 Å². The molecule has 1 unspecified atom stereocenters. The number of hydrogen-bond donors (Lipinski definition) is 2. The van der Waals surface area contributed by atoms with Crippen LogP contribution >= 0.6 is 11.3 Å². The van der Waals surface area contributed by atoms with E-state index in [1.807, 2.05) is 42.5 Å². The fourth-order valence-electron chi connectivity index (χ4n) is 3.46. The number of H-pyrrole nitrogens is 1. The highest BCUT2D eigenvalue weighted by molar-refractivity contribution is 7.19. The lowest BCUT2D eigenvalue weighted by Gasteiger charge is -2.14. The van der Waals surface area contributed by atoms with Crippen LogP contribution in [-0.2, 0) is 0 Å². The van der Waals surface area contributed by atoms with Crippen LogP contribution in [0.5, 0.6) is 0 Å². The molecular weight excluding hydrogens is 396 g/mol. The molecule has 0 saturated carbocycles. The van der Waals surface area contributed by atoms with E-state index in [4.69, 9.17) is 6.57 Å². The molecule has 0 fully saturated rings. The summed E-state index contributed by atoms with van der Waals surface area (Å²) < 4.78 is 0. The molecule has 3 aromatic heterocycles. The topological polar surface area (TPSA) is 91.9 Å². The number of aliphatic hydroxyl groups is 1. The van der Waals surface area contributed by atoms with Crippen LogP contribution in [0.4, 0.5) is 5.69 Å². The summed E-state index contributed by atoms with van der Waals surface area (Å²) in [7, 11) is 0. The Balaban J connectivity index is 1.73. The molecule has 3 heterocycles. The predicted octanol–water partition coefficient (Wildman–Crippen LogP) is 4.78. The van der Waals surface area contributed by atoms with E-state index in [1.165, 1.54) is 17.7 Å². The smallest absolute Gasteiger partial charge is 0.212 e. The van der Waals surface area contributed by atoms with Gasteiger partial charge in [0.15, 0.2) is 5.82 Å². The van der Waals surface area contributed by atoms with Crippen LogP contribution in [0.2, 0.25) is 0 Å². The molecule has 2 aromatic carbocycles. The first kappa shape index (κ1) is 18.1. The Morgan fingerprint density at radius 2 is 1.90 bits per heavy atom. The molecule has 2 N–H and O–H groups in total. The standard InChI is InChI=1S/C22H14N6OS/c1-23-18-17(19(29)15-7-6-13-4-2-3-5-14(13)10-15)21(22-24-12-27-28-22)30-20(18)16-8-9-25-26-11-16/h2-12,19,29H,(H,24,27,28). The lowest BCUT2D eigenvalue weighted by molar-refractivity contribution is 0.222. The van der Waals surface area contributed by atoms with Crippen molar-refractivity contribution in [2.24, 2.45) is 0 Å². The third kappa shape index (κ3) is 3.03. The van der Waals surface area contributed by atoms with Gasteiger partial charge in [0.25, 0.3) is 0 Å². The maximum absolute atomic E-state index is 11.4. The van der Waals surface area contributed by atoms with Crippen LogP contribution in [0.25, 0.3) is 36.8 Å². The van der Waals surface area contributed by atoms with E-state index < -0.39 is 6.10 Å². The maximum Gasteiger partial charge on any atom is 0.212 e. The summed E-state index contributed by atoms with van der Waals surface area (Å²) in [5, 5.41) is 28.0. The SMILES string of the molecule is [C-]#[N+]c1c(-c2ccnnc2)sc(-c2ncn[nH]2)c1C(O)c1ccc2ccccc2c1. The van der Waals surface area contributed by atoms with Gasteiger partial charge in [0, 0.05) is 16.0 Å². The Kier molecular flexibility index (Phi) is 4.52. The normalized spacial score (nSPS) is 12.0. The van der Waals surface area contributed by atoms with Gasteiger partial charge in [-0.15, -0.1) is 11.3 Å². The van der Waals surface area contributed by atoms with Crippen molar-refractivity contribution in [1.29, 1.82) is 0 Å². The molecule has 0 radical (unpaired) electrons. The molecule has 8 heteroatoms. The van der Waals surface area contributed by atoms with Crippen LogP contribution in [0, 0.1) is 6.57 Å². The number of aliphatic hydroxyl groups excluding tert-OH is 1. The van der Waals surface area contributed by atoms with Crippen molar-refractivity contribution in [3.05, 3.63) is 89.8 Å². The number of aromatic amines is 1. The molecule has 0 saturated heterocycles. The van der Waals surface area contributed by atoms with Crippen molar-refractivity contribution in [3.8, 4) is 21.1 Å². The summed E-state index contributed by atoms with van der Waals surface area (Å²) in [5.74, 6) is 0.507. The van der Waals surface area contributed by atoms with Crippen LogP contribution in [0.3, 0.4) is 0 Å². The Labute approximate surface area is 175 Å². The van der Waals surface area contributed by atoms with Gasteiger partial charge in [-0.3, -0.25) is 5.10 Å². The van der Waals surface area contributed by atoms with Gasteiger partial charge < -0.3 is 5.11 Å². The summed E-state index contributed by atoms with van der Waals surface area (Å²) >= 11 is 1.37. The highest BCUT2D eigenvalue weighted by Crippen LogP contribution is 2.50. The fraction of sp³-hybridized carbons (Fsp3) is 0.0455. The van der Waals surface area contributed by atoms with Gasteiger partial charge >= 0.3 is 0 Å². The molecule has 30 heavy (non-hydrogen) atoms. The zero-order valence-corrected chi connectivity index (χ0v) is 16.3. The number of nitrogens with zero attached hydrogens (tertiary/aromatic N) is 5. The van der Waals surface area contributed by atoms with E-state index in [-0.39, 0.29) is 0 Å². The average Bonchev–Trinajstić information content (AvgIpc) is 3.46. The van der Waals surface area contributed by atoms with Gasteiger partial charge in [0.05, 0.1) is 29.9 Å². The number of nitrogens with one attached hydrogen (secondary N) is 1. The van der Waals surface area contributed by atoms with E-state index >= 15 is 0 Å². The minimum atomic E-state index is -1.00. The maximum atomic E-state index is 11.4. The molecule has 0 aliphatic rings. The van der Waals surface area contributed by atoms with Gasteiger partial charge in [-0.25, -0.2) is 9.83 Å². The molecule has 5 aromatic rings. The van der Waals surface area contributed by atoms with Crippen molar-refractivity contribution in [2.45, 2.75) is 6.10 Å². The van der Waals surface area contributed by atoms with E-state index in [2.05, 4.69) is 30.2 Å². The molecule has 0 amide bonds. The zero-order chi connectivity index (χ0) is 20.5. The van der Waals surface area contributed by atoms with Crippen LogP contribution in [0.1, 0.15) is 17.2 Å². The summed E-state index contributed by atoms with van der Waals surface area (Å²) in [6.45, 7) is 7.84. The van der Waals surface area contributed by atoms with Gasteiger partial charge in [0.1, 0.15) is 6.33 Å². The minimum Gasteiger partial charge on any atom is -0.385 e. The summed E-state index contributed by atoms with van der Waals surface area (Å²) in [6.07, 6.45) is 3.60. The van der Waals surface area contributed by atoms with Gasteiger partial charge in [0.2, 0.25) is 5.69 Å². The molecule has 144 valence electrons. The fourth-order valence-corrected chi connectivity index (χ4v) is 4.66. The number of thiophene rings is 1. The van der Waals surface area contributed by atoms with Crippen molar-refractivity contribution < 1.29 is 5.11 Å². The summed E-state index contributed by atoms with van der Waals surface area (Å²) in [4.78, 5) is 9.42. The number of hydrogen-bond acceptors (Lipinski definition) is 6. The molecule has 0 bridgehead atoms. The highest BCUT2D eigenvalue weighted by atomic mass is 32.1. The Bertz CT molecular complexity index is 1370. The first-order chi connectivity index (χ1) is 14.8. The largest absolute Gasteiger partial charge is 0.385 e. The van der Waals surface area contributed by atoms with Crippen molar-refractivity contribution in [2.75, 3.05) is 0 Å². The molecule has 0 spiro atoms. The Morgan fingerprint density at radius 3 is 2.63 bits per heavy atom. The minimum absolute atomic E-state index is 0.375. The Morgan fingerprint density at radius 1 is 1.03 bits per heavy atom. The third-order valence-electron chi connectivity index (χ3n) is 4.87. The van der Waals surface area contributed by atoms with Crippen molar-refractivity contribution in [1.82, 2.24) is 25.4 Å². The summed E-state index contributed by atoms with van der Waals surface area (Å²) in [6, 6.07) is 15.6.